The van der Waals surface area contributed by atoms with E-state index in [-0.39, 0.29) is 24.0 Å². The number of methoxy groups -OCH3 is 1. The summed E-state index contributed by atoms with van der Waals surface area (Å²) in [5.74, 6) is -0.125. The van der Waals surface area contributed by atoms with Crippen LogP contribution in [0.3, 0.4) is 0 Å². The largest absolute Gasteiger partial charge is 0.465 e. The minimum absolute atomic E-state index is 0.0583. The number of imide groups is 1. The highest BCUT2D eigenvalue weighted by Crippen LogP contribution is 2.33. The number of nitro benzene ring substituents is 1. The third kappa shape index (κ3) is 5.41. The molecule has 0 bridgehead atoms. The lowest BCUT2D eigenvalue weighted by Gasteiger charge is -2.27. The Balaban J connectivity index is 1.70. The number of carbonyl (C=O) groups excluding carboxylic acids is 3. The van der Waals surface area contributed by atoms with Crippen molar-refractivity contribution >= 4 is 29.4 Å². The molecule has 2 aromatic carbocycles. The van der Waals surface area contributed by atoms with E-state index >= 15 is 0 Å². The fourth-order valence-electron chi connectivity index (χ4n) is 4.56. The van der Waals surface area contributed by atoms with Crippen LogP contribution < -0.4 is 5.32 Å². The Morgan fingerprint density at radius 1 is 1.05 bits per heavy atom. The first-order valence-electron chi connectivity index (χ1n) is 12.3. The maximum absolute atomic E-state index is 13.1. The van der Waals surface area contributed by atoms with Gasteiger partial charge in [-0.2, -0.15) is 0 Å². The number of hydrogen-bond donors (Lipinski definition) is 1. The van der Waals surface area contributed by atoms with Crippen LogP contribution in [0.1, 0.15) is 54.6 Å². The fourth-order valence-corrected chi connectivity index (χ4v) is 4.56. The zero-order valence-electron chi connectivity index (χ0n) is 21.5. The number of amidine groups is 1. The molecule has 1 fully saturated rings. The zero-order chi connectivity index (χ0) is 27.4. The van der Waals surface area contributed by atoms with Crippen LogP contribution in [0.5, 0.6) is 0 Å². The van der Waals surface area contributed by atoms with E-state index in [2.05, 4.69) is 12.2 Å². The molecule has 0 radical (unpaired) electrons. The lowest BCUT2D eigenvalue weighted by atomic mass is 10.1. The van der Waals surface area contributed by atoms with Crippen molar-refractivity contribution < 1.29 is 24.0 Å². The standard InChI is InChI=1S/C27H29N5O6/c1-4-5-6-22-28-17(2)23(30(22)15-18-7-11-20(12-8-18)26(34)38-3)24-25(33)29-27(35)31(24)16-19-9-13-21(14-10-19)32(36)37/h7-14,17H,4-6,15-16H2,1-3H3,(H,29,33,35)/b24-23-. The Kier molecular flexibility index (Phi) is 7.85. The number of nitrogens with zero attached hydrogens (tertiary/aromatic N) is 4. The number of urea groups is 1. The van der Waals surface area contributed by atoms with Gasteiger partial charge in [-0.25, -0.2) is 9.59 Å². The predicted molar refractivity (Wildman–Crippen MR) is 139 cm³/mol. The summed E-state index contributed by atoms with van der Waals surface area (Å²) in [4.78, 5) is 56.5. The highest BCUT2D eigenvalue weighted by molar-refractivity contribution is 6.12. The van der Waals surface area contributed by atoms with E-state index in [9.17, 15) is 24.5 Å². The number of benzene rings is 2. The number of unbranched alkanes of at least 4 members (excludes halogenated alkanes) is 1. The molecule has 0 aliphatic carbocycles. The molecule has 198 valence electrons. The lowest BCUT2D eigenvalue weighted by Crippen LogP contribution is -2.33. The van der Waals surface area contributed by atoms with Gasteiger partial charge in [0.1, 0.15) is 11.5 Å². The fraction of sp³-hybridized carbons (Fsp3) is 0.333. The number of nitro groups is 1. The molecule has 1 N–H and O–H groups in total. The molecule has 2 aliphatic heterocycles. The predicted octanol–water partition coefficient (Wildman–Crippen LogP) is 4.14. The van der Waals surface area contributed by atoms with Gasteiger partial charge in [0.2, 0.25) is 0 Å². The molecular formula is C27H29N5O6. The first kappa shape index (κ1) is 26.5. The Bertz CT molecular complexity index is 1320. The first-order chi connectivity index (χ1) is 18.2. The summed E-state index contributed by atoms with van der Waals surface area (Å²) >= 11 is 0. The number of non-ortho nitro benzene ring substituents is 1. The van der Waals surface area contributed by atoms with Gasteiger partial charge in [-0.1, -0.05) is 37.6 Å². The van der Waals surface area contributed by atoms with E-state index in [1.54, 1.807) is 24.3 Å². The molecule has 2 aromatic rings. The third-order valence-corrected chi connectivity index (χ3v) is 6.49. The number of carbonyl (C=O) groups is 3. The maximum Gasteiger partial charge on any atom is 0.337 e. The molecule has 0 spiro atoms. The van der Waals surface area contributed by atoms with Gasteiger partial charge in [-0.15, -0.1) is 0 Å². The van der Waals surface area contributed by atoms with E-state index in [0.717, 1.165) is 24.2 Å². The van der Waals surface area contributed by atoms with Crippen molar-refractivity contribution in [2.24, 2.45) is 4.99 Å². The van der Waals surface area contributed by atoms with Gasteiger partial charge in [-0.05, 0) is 36.6 Å². The molecule has 4 rings (SSSR count). The summed E-state index contributed by atoms with van der Waals surface area (Å²) in [6.07, 6.45) is 2.57. The number of ether oxygens (including phenoxy) is 1. The lowest BCUT2D eigenvalue weighted by molar-refractivity contribution is -0.384. The van der Waals surface area contributed by atoms with E-state index in [4.69, 9.17) is 9.73 Å². The highest BCUT2D eigenvalue weighted by Gasteiger charge is 2.41. The smallest absolute Gasteiger partial charge is 0.337 e. The van der Waals surface area contributed by atoms with Crippen molar-refractivity contribution in [2.45, 2.75) is 52.2 Å². The van der Waals surface area contributed by atoms with Crippen molar-refractivity contribution in [1.82, 2.24) is 15.1 Å². The second-order valence-electron chi connectivity index (χ2n) is 9.10. The van der Waals surface area contributed by atoms with Gasteiger partial charge in [0.15, 0.2) is 0 Å². The topological polar surface area (TPSA) is 134 Å². The Morgan fingerprint density at radius 3 is 2.24 bits per heavy atom. The van der Waals surface area contributed by atoms with Gasteiger partial charge in [0.05, 0.1) is 35.9 Å². The number of nitrogens with one attached hydrogen (secondary N) is 1. The number of amides is 3. The number of hydrogen-bond acceptors (Lipinski definition) is 8. The van der Waals surface area contributed by atoms with E-state index in [1.165, 1.54) is 24.1 Å². The summed E-state index contributed by atoms with van der Waals surface area (Å²) in [5.41, 5.74) is 2.72. The summed E-state index contributed by atoms with van der Waals surface area (Å²) in [5, 5.41) is 13.4. The van der Waals surface area contributed by atoms with Crippen molar-refractivity contribution in [1.29, 1.82) is 0 Å². The monoisotopic (exact) mass is 519 g/mol. The number of aliphatic imine (C=N–C) groups is 1. The molecular weight excluding hydrogens is 490 g/mol. The van der Waals surface area contributed by atoms with Crippen molar-refractivity contribution in [3.05, 3.63) is 86.7 Å². The van der Waals surface area contributed by atoms with Crippen LogP contribution in [0.4, 0.5) is 10.5 Å². The van der Waals surface area contributed by atoms with Gasteiger partial charge >= 0.3 is 12.0 Å². The molecule has 1 unspecified atom stereocenters. The van der Waals surface area contributed by atoms with Crippen LogP contribution in [-0.2, 0) is 22.6 Å². The number of esters is 1. The van der Waals surface area contributed by atoms with Crippen molar-refractivity contribution in [3.63, 3.8) is 0 Å². The van der Waals surface area contributed by atoms with Crippen LogP contribution in [0.2, 0.25) is 0 Å². The van der Waals surface area contributed by atoms with Crippen LogP contribution >= 0.6 is 0 Å². The average Bonchev–Trinajstić information content (AvgIpc) is 3.35. The van der Waals surface area contributed by atoms with E-state index in [0.29, 0.717) is 29.8 Å². The molecule has 0 saturated carbocycles. The Labute approximate surface area is 219 Å². The number of rotatable bonds is 9. The summed E-state index contributed by atoms with van der Waals surface area (Å²) in [6.45, 7) is 4.42. The normalized spacial score (nSPS) is 19.0. The van der Waals surface area contributed by atoms with Crippen molar-refractivity contribution in [3.8, 4) is 0 Å². The van der Waals surface area contributed by atoms with Gasteiger partial charge in [-0.3, -0.25) is 30.1 Å². The van der Waals surface area contributed by atoms with Gasteiger partial charge < -0.3 is 9.64 Å². The minimum Gasteiger partial charge on any atom is -0.465 e. The first-order valence-corrected chi connectivity index (χ1v) is 12.3. The van der Waals surface area contributed by atoms with Crippen LogP contribution in [0.25, 0.3) is 0 Å². The average molecular weight is 520 g/mol. The van der Waals surface area contributed by atoms with E-state index in [1.807, 2.05) is 24.0 Å². The third-order valence-electron chi connectivity index (χ3n) is 6.49. The molecule has 3 amide bonds. The molecule has 1 atom stereocenters. The molecule has 38 heavy (non-hydrogen) atoms. The molecule has 2 heterocycles. The second kappa shape index (κ2) is 11.2. The molecule has 11 heteroatoms. The summed E-state index contributed by atoms with van der Waals surface area (Å²) in [7, 11) is 1.33. The molecule has 1 saturated heterocycles. The second-order valence-corrected chi connectivity index (χ2v) is 9.10. The van der Waals surface area contributed by atoms with Gasteiger partial charge in [0, 0.05) is 25.1 Å². The minimum atomic E-state index is -0.563. The Morgan fingerprint density at radius 2 is 1.66 bits per heavy atom. The van der Waals surface area contributed by atoms with Crippen LogP contribution in [0.15, 0.2) is 64.9 Å². The molecule has 2 aliphatic rings. The quantitative estimate of drug-likeness (QED) is 0.173. The van der Waals surface area contributed by atoms with Gasteiger partial charge in [0.25, 0.3) is 11.6 Å². The molecule has 11 nitrogen and oxygen atoms in total. The van der Waals surface area contributed by atoms with Crippen LogP contribution in [-0.4, -0.2) is 51.6 Å². The van der Waals surface area contributed by atoms with E-state index < -0.39 is 22.8 Å². The van der Waals surface area contributed by atoms with Crippen LogP contribution in [0, 0.1) is 10.1 Å². The SMILES string of the molecule is CCCCC1=NC(C)/C(=C2\C(=O)NC(=O)N2Cc2ccc([N+](=O)[O-])cc2)N1Cc1ccc(C(=O)OC)cc1. The summed E-state index contributed by atoms with van der Waals surface area (Å²) < 4.78 is 4.78. The maximum atomic E-state index is 13.1. The molecule has 0 aromatic heterocycles. The summed E-state index contributed by atoms with van der Waals surface area (Å²) in [6, 6.07) is 11.9. The van der Waals surface area contributed by atoms with Crippen molar-refractivity contribution in [2.75, 3.05) is 7.11 Å². The zero-order valence-corrected chi connectivity index (χ0v) is 21.5. The Hall–Kier alpha value is -4.54. The highest BCUT2D eigenvalue weighted by atomic mass is 16.6.